The molecule has 1 fully saturated rings. The number of aromatic nitrogens is 2. The highest BCUT2D eigenvalue weighted by molar-refractivity contribution is 6.31. The van der Waals surface area contributed by atoms with Crippen LogP contribution >= 0.6 is 11.6 Å². The summed E-state index contributed by atoms with van der Waals surface area (Å²) in [6.45, 7) is 1.03. The number of anilines is 1. The molecule has 0 unspecified atom stereocenters. The lowest BCUT2D eigenvalue weighted by Crippen LogP contribution is -2.37. The van der Waals surface area contributed by atoms with Gasteiger partial charge in [-0.25, -0.2) is 0 Å². The number of hydrogen-bond acceptors (Lipinski definition) is 3. The van der Waals surface area contributed by atoms with E-state index in [1.165, 1.54) is 42.1 Å². The van der Waals surface area contributed by atoms with Crippen molar-refractivity contribution in [2.45, 2.75) is 44.2 Å². The average Bonchev–Trinajstić information content (AvgIpc) is 3.18. The van der Waals surface area contributed by atoms with Gasteiger partial charge in [0.25, 0.3) is 0 Å². The number of fused-ring (bicyclic) bond motifs is 2. The van der Waals surface area contributed by atoms with Gasteiger partial charge in [0, 0.05) is 51.5 Å². The van der Waals surface area contributed by atoms with E-state index in [0.717, 1.165) is 34.6 Å². The maximum atomic E-state index is 6.11. The molecule has 0 aliphatic heterocycles. The highest BCUT2D eigenvalue weighted by atomic mass is 35.5. The zero-order valence-electron chi connectivity index (χ0n) is 17.0. The zero-order chi connectivity index (χ0) is 20.3. The topological polar surface area (TPSA) is 52.7 Å². The molecule has 0 saturated heterocycles. The Morgan fingerprint density at radius 2 is 1.80 bits per heavy atom. The molecule has 5 heteroatoms. The number of rotatable bonds is 6. The second-order valence-corrected chi connectivity index (χ2v) is 8.71. The summed E-state index contributed by atoms with van der Waals surface area (Å²) in [5.41, 5.74) is 4.73. The van der Waals surface area contributed by atoms with E-state index < -0.39 is 0 Å². The fourth-order valence-corrected chi connectivity index (χ4v) is 4.82. The quantitative estimate of drug-likeness (QED) is 0.364. The summed E-state index contributed by atoms with van der Waals surface area (Å²) < 4.78 is 0. The molecule has 4 nitrogen and oxygen atoms in total. The number of nitrogens with one attached hydrogen (secondary N) is 3. The van der Waals surface area contributed by atoms with Crippen molar-refractivity contribution in [1.29, 1.82) is 0 Å². The second kappa shape index (κ2) is 8.66. The molecule has 1 aliphatic rings. The first-order valence-corrected chi connectivity index (χ1v) is 11.2. The molecular weight excluding hydrogens is 392 g/mol. The number of hydrogen-bond donors (Lipinski definition) is 3. The van der Waals surface area contributed by atoms with Crippen molar-refractivity contribution in [1.82, 2.24) is 15.3 Å². The normalized spacial score (nSPS) is 19.4. The summed E-state index contributed by atoms with van der Waals surface area (Å²) in [5, 5.41) is 10.7. The molecule has 0 atom stereocenters. The molecule has 5 rings (SSSR count). The van der Waals surface area contributed by atoms with Gasteiger partial charge in [0.2, 0.25) is 0 Å². The highest BCUT2D eigenvalue weighted by Crippen LogP contribution is 2.28. The molecule has 4 aromatic rings. The standard InChI is InChI=1S/C25H27ClN4/c26-18-5-10-22-24(12-14-28-25(22)15-18)30-20-8-6-19(7-9-20)27-13-11-17-16-29-23-4-2-1-3-21(17)23/h1-5,10,12,14-16,19-20,27,29H,6-9,11,13H2,(H,28,30). The first kappa shape index (κ1) is 19.4. The van der Waals surface area contributed by atoms with Gasteiger partial charge in [-0.3, -0.25) is 4.98 Å². The lowest BCUT2D eigenvalue weighted by molar-refractivity contribution is 0.356. The van der Waals surface area contributed by atoms with Gasteiger partial charge in [0.05, 0.1) is 5.52 Å². The van der Waals surface area contributed by atoms with E-state index >= 15 is 0 Å². The molecule has 2 aromatic heterocycles. The fraction of sp³-hybridized carbons (Fsp3) is 0.320. The molecular formula is C25H27ClN4. The van der Waals surface area contributed by atoms with Crippen molar-refractivity contribution in [2.75, 3.05) is 11.9 Å². The van der Waals surface area contributed by atoms with Gasteiger partial charge in [-0.05, 0) is 74.5 Å². The lowest BCUT2D eigenvalue weighted by atomic mass is 9.90. The van der Waals surface area contributed by atoms with Gasteiger partial charge in [-0.15, -0.1) is 0 Å². The van der Waals surface area contributed by atoms with E-state index in [0.29, 0.717) is 12.1 Å². The number of aromatic amines is 1. The van der Waals surface area contributed by atoms with E-state index in [9.17, 15) is 0 Å². The average molecular weight is 419 g/mol. The monoisotopic (exact) mass is 418 g/mol. The van der Waals surface area contributed by atoms with Gasteiger partial charge in [-0.2, -0.15) is 0 Å². The fourth-order valence-electron chi connectivity index (χ4n) is 4.66. The van der Waals surface area contributed by atoms with Crippen LogP contribution in [0.1, 0.15) is 31.2 Å². The van der Waals surface area contributed by atoms with Crippen molar-refractivity contribution in [3.05, 3.63) is 71.5 Å². The third kappa shape index (κ3) is 4.16. The van der Waals surface area contributed by atoms with Crippen LogP contribution in [-0.2, 0) is 6.42 Å². The van der Waals surface area contributed by atoms with Gasteiger partial charge < -0.3 is 15.6 Å². The molecule has 0 radical (unpaired) electrons. The molecule has 1 saturated carbocycles. The molecule has 2 heterocycles. The summed E-state index contributed by atoms with van der Waals surface area (Å²) in [7, 11) is 0. The predicted molar refractivity (Wildman–Crippen MR) is 126 cm³/mol. The Kier molecular flexibility index (Phi) is 5.60. The Labute approximate surface area is 182 Å². The van der Waals surface area contributed by atoms with Crippen molar-refractivity contribution < 1.29 is 0 Å². The Morgan fingerprint density at radius 1 is 0.967 bits per heavy atom. The third-order valence-electron chi connectivity index (χ3n) is 6.29. The van der Waals surface area contributed by atoms with Crippen molar-refractivity contribution in [2.24, 2.45) is 0 Å². The zero-order valence-corrected chi connectivity index (χ0v) is 17.8. The molecule has 1 aliphatic carbocycles. The van der Waals surface area contributed by atoms with E-state index in [1.807, 2.05) is 18.3 Å². The Hall–Kier alpha value is -2.56. The van der Waals surface area contributed by atoms with Crippen LogP contribution in [0, 0.1) is 0 Å². The van der Waals surface area contributed by atoms with Crippen LogP contribution in [0.5, 0.6) is 0 Å². The summed E-state index contributed by atoms with van der Waals surface area (Å²) in [6, 6.07) is 17.7. The van der Waals surface area contributed by atoms with Crippen LogP contribution in [-0.4, -0.2) is 28.6 Å². The minimum Gasteiger partial charge on any atom is -0.382 e. The number of para-hydroxylation sites is 1. The number of nitrogens with zero attached hydrogens (tertiary/aromatic N) is 1. The molecule has 30 heavy (non-hydrogen) atoms. The first-order valence-electron chi connectivity index (χ1n) is 10.9. The number of H-pyrrole nitrogens is 1. The molecule has 0 bridgehead atoms. The van der Waals surface area contributed by atoms with E-state index in [4.69, 9.17) is 11.6 Å². The molecule has 2 aromatic carbocycles. The Balaban J connectivity index is 1.13. The maximum absolute atomic E-state index is 6.11. The Morgan fingerprint density at radius 3 is 2.70 bits per heavy atom. The van der Waals surface area contributed by atoms with E-state index in [-0.39, 0.29) is 0 Å². The van der Waals surface area contributed by atoms with Crippen molar-refractivity contribution in [3.8, 4) is 0 Å². The number of pyridine rings is 1. The number of halogens is 1. The van der Waals surface area contributed by atoms with Crippen LogP contribution < -0.4 is 10.6 Å². The largest absolute Gasteiger partial charge is 0.382 e. The number of benzene rings is 2. The lowest BCUT2D eigenvalue weighted by Gasteiger charge is -2.30. The maximum Gasteiger partial charge on any atom is 0.0737 e. The van der Waals surface area contributed by atoms with Crippen LogP contribution in [0.2, 0.25) is 5.02 Å². The molecule has 0 spiro atoms. The van der Waals surface area contributed by atoms with E-state index in [1.54, 1.807) is 0 Å². The Bertz CT molecular complexity index is 1140. The SMILES string of the molecule is Clc1ccc2c(NC3CCC(NCCc4c[nH]c5ccccc45)CC3)ccnc2c1. The molecule has 154 valence electrons. The third-order valence-corrected chi connectivity index (χ3v) is 6.53. The second-order valence-electron chi connectivity index (χ2n) is 8.28. The summed E-state index contributed by atoms with van der Waals surface area (Å²) in [4.78, 5) is 7.82. The first-order chi connectivity index (χ1) is 14.8. The van der Waals surface area contributed by atoms with Crippen LogP contribution in [0.4, 0.5) is 5.69 Å². The smallest absolute Gasteiger partial charge is 0.0737 e. The summed E-state index contributed by atoms with van der Waals surface area (Å²) in [6.07, 6.45) is 9.86. The van der Waals surface area contributed by atoms with Crippen LogP contribution in [0.15, 0.2) is 60.9 Å². The van der Waals surface area contributed by atoms with Crippen molar-refractivity contribution in [3.63, 3.8) is 0 Å². The van der Waals surface area contributed by atoms with Gasteiger partial charge in [-0.1, -0.05) is 29.8 Å². The van der Waals surface area contributed by atoms with E-state index in [2.05, 4.69) is 63.2 Å². The van der Waals surface area contributed by atoms with Gasteiger partial charge in [0.15, 0.2) is 0 Å². The van der Waals surface area contributed by atoms with Gasteiger partial charge in [0.1, 0.15) is 0 Å². The van der Waals surface area contributed by atoms with Crippen LogP contribution in [0.25, 0.3) is 21.8 Å². The summed E-state index contributed by atoms with van der Waals surface area (Å²) in [5.74, 6) is 0. The highest BCUT2D eigenvalue weighted by Gasteiger charge is 2.21. The van der Waals surface area contributed by atoms with Gasteiger partial charge >= 0.3 is 0 Å². The van der Waals surface area contributed by atoms with Crippen molar-refractivity contribution >= 4 is 39.1 Å². The minimum atomic E-state index is 0.512. The summed E-state index contributed by atoms with van der Waals surface area (Å²) >= 11 is 6.11. The van der Waals surface area contributed by atoms with Crippen LogP contribution in [0.3, 0.4) is 0 Å². The predicted octanol–water partition coefficient (Wildman–Crippen LogP) is 5.92. The minimum absolute atomic E-state index is 0.512. The molecule has 0 amide bonds. The molecule has 3 N–H and O–H groups in total.